The van der Waals surface area contributed by atoms with Crippen molar-refractivity contribution < 1.29 is 9.47 Å². The molecule has 0 bridgehead atoms. The molecule has 1 fully saturated rings. The number of hydrogen-bond acceptors (Lipinski definition) is 10. The minimum absolute atomic E-state index is 0.291. The molecule has 9 nitrogen and oxygen atoms in total. The van der Waals surface area contributed by atoms with Crippen molar-refractivity contribution in [2.45, 2.75) is 29.3 Å². The van der Waals surface area contributed by atoms with Crippen LogP contribution in [0.2, 0.25) is 0 Å². The molecule has 0 aromatic carbocycles. The van der Waals surface area contributed by atoms with E-state index in [2.05, 4.69) is 24.8 Å². The number of rotatable bonds is 5. The zero-order valence-electron chi connectivity index (χ0n) is 14.2. The van der Waals surface area contributed by atoms with E-state index in [4.69, 9.17) is 20.9 Å². The highest BCUT2D eigenvalue weighted by Gasteiger charge is 2.22. The highest BCUT2D eigenvalue weighted by Crippen LogP contribution is 2.40. The summed E-state index contributed by atoms with van der Waals surface area (Å²) in [5.41, 5.74) is 11.5. The van der Waals surface area contributed by atoms with Gasteiger partial charge in [0.2, 0.25) is 17.7 Å². The third-order valence-corrected chi connectivity index (χ3v) is 4.67. The molecule has 10 heteroatoms. The smallest absolute Gasteiger partial charge is 0.236 e. The maximum Gasteiger partial charge on any atom is 0.236 e. The van der Waals surface area contributed by atoms with Gasteiger partial charge < -0.3 is 25.8 Å². The van der Waals surface area contributed by atoms with Crippen LogP contribution in [-0.4, -0.2) is 47.2 Å². The van der Waals surface area contributed by atoms with E-state index >= 15 is 0 Å². The number of methoxy groups -OCH3 is 2. The average molecular weight is 363 g/mol. The lowest BCUT2D eigenvalue weighted by Gasteiger charge is -2.27. The van der Waals surface area contributed by atoms with Crippen LogP contribution in [0, 0.1) is 0 Å². The maximum absolute atomic E-state index is 5.73. The van der Waals surface area contributed by atoms with Crippen molar-refractivity contribution in [2.75, 3.05) is 43.7 Å². The first-order valence-corrected chi connectivity index (χ1v) is 8.75. The molecular weight excluding hydrogens is 342 g/mol. The second-order valence-electron chi connectivity index (χ2n) is 5.52. The Morgan fingerprint density at radius 3 is 2.00 bits per heavy atom. The number of nitrogen functional groups attached to an aromatic ring is 2. The van der Waals surface area contributed by atoms with Crippen molar-refractivity contribution in [2.24, 2.45) is 0 Å². The highest BCUT2D eigenvalue weighted by atomic mass is 32.2. The zero-order chi connectivity index (χ0) is 17.8. The Hall–Kier alpha value is -2.49. The molecule has 0 aliphatic carbocycles. The molecule has 25 heavy (non-hydrogen) atoms. The monoisotopic (exact) mass is 363 g/mol. The van der Waals surface area contributed by atoms with Gasteiger partial charge in [-0.15, -0.1) is 0 Å². The Labute approximate surface area is 150 Å². The molecule has 0 spiro atoms. The largest absolute Gasteiger partial charge is 0.480 e. The predicted molar refractivity (Wildman–Crippen MR) is 96.2 cm³/mol. The summed E-state index contributed by atoms with van der Waals surface area (Å²) in [6.45, 7) is 1.85. The molecule has 0 atom stereocenters. The fraction of sp³-hybridized carbons (Fsp3) is 0.467. The summed E-state index contributed by atoms with van der Waals surface area (Å²) in [5.74, 6) is 1.99. The van der Waals surface area contributed by atoms with Crippen molar-refractivity contribution in [1.82, 2.24) is 19.9 Å². The van der Waals surface area contributed by atoms with Gasteiger partial charge in [-0.3, -0.25) is 0 Å². The first-order valence-electron chi connectivity index (χ1n) is 7.93. The Kier molecular flexibility index (Phi) is 5.27. The number of nitrogens with two attached hydrogens (primary N) is 2. The fourth-order valence-corrected chi connectivity index (χ4v) is 3.52. The highest BCUT2D eigenvalue weighted by molar-refractivity contribution is 7.99. The third kappa shape index (κ3) is 3.95. The van der Waals surface area contributed by atoms with Crippen LogP contribution in [0.5, 0.6) is 11.8 Å². The summed E-state index contributed by atoms with van der Waals surface area (Å²) < 4.78 is 10.9. The number of ether oxygens (including phenoxy) is 2. The number of hydrogen-bond donors (Lipinski definition) is 2. The first kappa shape index (κ1) is 17.3. The van der Waals surface area contributed by atoms with E-state index in [1.165, 1.54) is 24.2 Å². The lowest BCUT2D eigenvalue weighted by molar-refractivity contribution is 0.351. The van der Waals surface area contributed by atoms with Crippen molar-refractivity contribution in [3.8, 4) is 11.8 Å². The van der Waals surface area contributed by atoms with Crippen molar-refractivity contribution in [3.63, 3.8) is 0 Å². The van der Waals surface area contributed by atoms with Crippen LogP contribution in [0.1, 0.15) is 19.3 Å². The molecule has 0 saturated carbocycles. The van der Waals surface area contributed by atoms with Crippen LogP contribution in [0.3, 0.4) is 0 Å². The summed E-state index contributed by atoms with van der Waals surface area (Å²) in [5, 5.41) is 0.378. The SMILES string of the molecule is COc1nc(N2CCCCC2)nc(OC)c1Sc1nc(N)cc(N)n1. The third-order valence-electron chi connectivity index (χ3n) is 3.76. The molecule has 3 heterocycles. The lowest BCUT2D eigenvalue weighted by Crippen LogP contribution is -2.31. The summed E-state index contributed by atoms with van der Waals surface area (Å²) >= 11 is 1.20. The van der Waals surface area contributed by atoms with E-state index in [1.807, 2.05) is 0 Å². The molecule has 0 amide bonds. The van der Waals surface area contributed by atoms with E-state index in [-0.39, 0.29) is 0 Å². The number of nitrogens with zero attached hydrogens (tertiary/aromatic N) is 5. The van der Waals surface area contributed by atoms with Gasteiger partial charge in [0.05, 0.1) is 14.2 Å². The van der Waals surface area contributed by atoms with Gasteiger partial charge in [-0.2, -0.15) is 9.97 Å². The van der Waals surface area contributed by atoms with Crippen molar-refractivity contribution in [1.29, 1.82) is 0 Å². The molecule has 0 radical (unpaired) electrons. The minimum Gasteiger partial charge on any atom is -0.480 e. The zero-order valence-corrected chi connectivity index (χ0v) is 15.0. The Morgan fingerprint density at radius 2 is 1.48 bits per heavy atom. The normalized spacial score (nSPS) is 14.4. The number of anilines is 3. The van der Waals surface area contributed by atoms with Crippen LogP contribution < -0.4 is 25.8 Å². The minimum atomic E-state index is 0.291. The average Bonchev–Trinajstić information content (AvgIpc) is 2.61. The number of aromatic nitrogens is 4. The molecule has 1 saturated heterocycles. The quantitative estimate of drug-likeness (QED) is 0.756. The van der Waals surface area contributed by atoms with Gasteiger partial charge in [0.1, 0.15) is 16.5 Å². The van der Waals surface area contributed by atoms with Gasteiger partial charge in [0.25, 0.3) is 0 Å². The Bertz CT molecular complexity index is 707. The molecule has 134 valence electrons. The van der Waals surface area contributed by atoms with Crippen molar-refractivity contribution in [3.05, 3.63) is 6.07 Å². The van der Waals surface area contributed by atoms with Crippen molar-refractivity contribution >= 4 is 29.3 Å². The standard InChI is InChI=1S/C15H21N7O2S/c1-23-12-11(25-15-18-9(16)8-10(17)19-15)13(24-2)21-14(20-12)22-6-4-3-5-7-22/h8H,3-7H2,1-2H3,(H4,16,17,18,19). The summed E-state index contributed by atoms with van der Waals surface area (Å²) in [7, 11) is 3.11. The van der Waals surface area contributed by atoms with Gasteiger partial charge in [-0.1, -0.05) is 0 Å². The second-order valence-corrected chi connectivity index (χ2v) is 6.50. The van der Waals surface area contributed by atoms with Crippen LogP contribution in [0.4, 0.5) is 17.6 Å². The summed E-state index contributed by atoms with van der Waals surface area (Å²) in [4.78, 5) is 20.1. The fourth-order valence-electron chi connectivity index (χ4n) is 2.60. The van der Waals surface area contributed by atoms with Gasteiger partial charge >= 0.3 is 0 Å². The van der Waals surface area contributed by atoms with Crippen LogP contribution >= 0.6 is 11.8 Å². The molecule has 1 aliphatic rings. The molecule has 0 unspecified atom stereocenters. The van der Waals surface area contributed by atoms with Crippen LogP contribution in [0.25, 0.3) is 0 Å². The van der Waals surface area contributed by atoms with Crippen LogP contribution in [0.15, 0.2) is 16.1 Å². The Balaban J connectivity index is 1.97. The molecule has 2 aromatic rings. The first-order chi connectivity index (χ1) is 12.1. The summed E-state index contributed by atoms with van der Waals surface area (Å²) in [6, 6.07) is 1.49. The summed E-state index contributed by atoms with van der Waals surface area (Å²) in [6.07, 6.45) is 3.48. The molecule has 3 rings (SSSR count). The van der Waals surface area contributed by atoms with E-state index < -0.39 is 0 Å². The van der Waals surface area contributed by atoms with E-state index in [1.54, 1.807) is 14.2 Å². The van der Waals surface area contributed by atoms with Gasteiger partial charge in [0, 0.05) is 19.2 Å². The van der Waals surface area contributed by atoms with E-state index in [0.29, 0.717) is 39.4 Å². The lowest BCUT2D eigenvalue weighted by atomic mass is 10.1. The topological polar surface area (TPSA) is 125 Å². The Morgan fingerprint density at radius 1 is 0.920 bits per heavy atom. The molecular formula is C15H21N7O2S. The van der Waals surface area contributed by atoms with Gasteiger partial charge in [-0.05, 0) is 31.0 Å². The second kappa shape index (κ2) is 7.60. The number of piperidine rings is 1. The van der Waals surface area contributed by atoms with Gasteiger partial charge in [0.15, 0.2) is 5.16 Å². The van der Waals surface area contributed by atoms with E-state index in [9.17, 15) is 0 Å². The van der Waals surface area contributed by atoms with Gasteiger partial charge in [-0.25, -0.2) is 9.97 Å². The molecule has 2 aromatic heterocycles. The molecule has 1 aliphatic heterocycles. The maximum atomic E-state index is 5.73. The van der Waals surface area contributed by atoms with E-state index in [0.717, 1.165) is 25.9 Å². The van der Waals surface area contributed by atoms with Crippen LogP contribution in [-0.2, 0) is 0 Å². The molecule has 4 N–H and O–H groups in total. The predicted octanol–water partition coefficient (Wildman–Crippen LogP) is 1.59.